The summed E-state index contributed by atoms with van der Waals surface area (Å²) in [6.45, 7) is 4.02. The zero-order valence-electron chi connectivity index (χ0n) is 14.2. The molecule has 2 saturated heterocycles. The first-order chi connectivity index (χ1) is 12.1. The first kappa shape index (κ1) is 18.5. The minimum atomic E-state index is -0.866. The summed E-state index contributed by atoms with van der Waals surface area (Å²) in [5.74, 6) is 1.57. The monoisotopic (exact) mass is 465 g/mol. The first-order valence-electron chi connectivity index (χ1n) is 8.44. The van der Waals surface area contributed by atoms with Crippen molar-refractivity contribution >= 4 is 34.9 Å². The molecule has 140 valence electrons. The Kier molecular flexibility index (Phi) is 6.23. The molecule has 2 fully saturated rings. The minimum Gasteiger partial charge on any atom is -0.465 e. The van der Waals surface area contributed by atoms with Crippen molar-refractivity contribution in [2.75, 3.05) is 46.5 Å². The highest BCUT2D eigenvalue weighted by Gasteiger charge is 2.30. The molecule has 9 nitrogen and oxygen atoms in total. The number of methoxy groups -OCH3 is 1. The quantitative estimate of drug-likeness (QED) is 0.473. The van der Waals surface area contributed by atoms with E-state index in [2.05, 4.69) is 33.1 Å². The van der Waals surface area contributed by atoms with Crippen molar-refractivity contribution in [1.29, 1.82) is 0 Å². The molecule has 0 aromatic heterocycles. The summed E-state index contributed by atoms with van der Waals surface area (Å²) in [7, 11) is 1.67. The number of likely N-dealkylation sites (tertiary alicyclic amines) is 1. The van der Waals surface area contributed by atoms with Gasteiger partial charge in [0.1, 0.15) is 5.82 Å². The lowest BCUT2D eigenvalue weighted by Gasteiger charge is -2.38. The van der Waals surface area contributed by atoms with Crippen LogP contribution in [-0.4, -0.2) is 88.8 Å². The number of rotatable bonds is 3. The van der Waals surface area contributed by atoms with Crippen molar-refractivity contribution in [2.45, 2.75) is 25.1 Å². The lowest BCUT2D eigenvalue weighted by molar-refractivity contribution is 0.0521. The van der Waals surface area contributed by atoms with Gasteiger partial charge in [-0.1, -0.05) is 0 Å². The third kappa shape index (κ3) is 4.47. The number of carboxylic acid groups (broad SMARTS) is 1. The smallest absolute Gasteiger partial charge is 0.407 e. The van der Waals surface area contributed by atoms with Crippen LogP contribution < -0.4 is 5.32 Å². The van der Waals surface area contributed by atoms with Gasteiger partial charge in [-0.3, -0.25) is 3.11 Å². The van der Waals surface area contributed by atoms with Crippen molar-refractivity contribution in [2.24, 2.45) is 4.99 Å². The Morgan fingerprint density at radius 3 is 2.88 bits per heavy atom. The molecule has 3 aliphatic rings. The Hall–Kier alpha value is -1.27. The summed E-state index contributed by atoms with van der Waals surface area (Å²) in [6, 6.07) is 0.0593. The van der Waals surface area contributed by atoms with Crippen LogP contribution in [0.5, 0.6) is 0 Å². The van der Waals surface area contributed by atoms with E-state index < -0.39 is 6.09 Å². The van der Waals surface area contributed by atoms with E-state index in [1.54, 1.807) is 7.11 Å². The molecule has 1 unspecified atom stereocenters. The molecule has 0 aromatic carbocycles. The van der Waals surface area contributed by atoms with Gasteiger partial charge in [-0.2, -0.15) is 4.99 Å². The highest BCUT2D eigenvalue weighted by Crippen LogP contribution is 2.22. The Labute approximate surface area is 161 Å². The molecule has 3 heterocycles. The highest BCUT2D eigenvalue weighted by atomic mass is 127. The fraction of sp³-hybridized carbons (Fsp3) is 0.733. The van der Waals surface area contributed by atoms with Crippen LogP contribution in [0.25, 0.3) is 0 Å². The van der Waals surface area contributed by atoms with Crippen LogP contribution in [0.3, 0.4) is 0 Å². The molecular formula is C15H24IN5O4. The van der Waals surface area contributed by atoms with E-state index >= 15 is 0 Å². The lowest BCUT2D eigenvalue weighted by atomic mass is 10.1. The molecule has 0 radical (unpaired) electrons. The average molecular weight is 465 g/mol. The molecule has 1 amide bonds. The maximum Gasteiger partial charge on any atom is 0.407 e. The molecule has 2 N–H and O–H groups in total. The molecule has 0 bridgehead atoms. The standard InChI is InChI=1S/C15H24IN5O4/c1-24-13-9-12(17-11-3-2-4-20(10-11)15(22)23)18-14(21(13)16)19-5-7-25-8-6-19/h9,11,13,17H,2-8,10H2,1H3,(H,22,23)/t11-,13?/m1/s1. The number of aliphatic imine (C=N–C) groups is 1. The topological polar surface area (TPSA) is 89.9 Å². The third-order valence-electron chi connectivity index (χ3n) is 4.51. The number of nitrogens with one attached hydrogen (secondary N) is 1. The van der Waals surface area contributed by atoms with E-state index in [4.69, 9.17) is 14.5 Å². The van der Waals surface area contributed by atoms with Crippen LogP contribution >= 0.6 is 22.9 Å². The van der Waals surface area contributed by atoms with Gasteiger partial charge in [0.2, 0.25) is 5.96 Å². The zero-order chi connectivity index (χ0) is 17.8. The summed E-state index contributed by atoms with van der Waals surface area (Å²) in [5.41, 5.74) is 0. The number of hydrogen-bond acceptors (Lipinski definition) is 7. The summed E-state index contributed by atoms with van der Waals surface area (Å²) >= 11 is 2.21. The van der Waals surface area contributed by atoms with E-state index in [0.717, 1.165) is 37.7 Å². The number of morpholine rings is 1. The van der Waals surface area contributed by atoms with Gasteiger partial charge in [0.15, 0.2) is 6.23 Å². The highest BCUT2D eigenvalue weighted by molar-refractivity contribution is 14.1. The van der Waals surface area contributed by atoms with Gasteiger partial charge < -0.3 is 29.7 Å². The van der Waals surface area contributed by atoms with E-state index in [-0.39, 0.29) is 12.3 Å². The molecule has 0 aromatic rings. The van der Waals surface area contributed by atoms with Gasteiger partial charge in [0.25, 0.3) is 0 Å². The van der Waals surface area contributed by atoms with Gasteiger partial charge in [-0.05, 0) is 12.8 Å². The van der Waals surface area contributed by atoms with Crippen LogP contribution in [0, 0.1) is 0 Å². The summed E-state index contributed by atoms with van der Waals surface area (Å²) in [4.78, 5) is 19.6. The second-order valence-electron chi connectivity index (χ2n) is 6.21. The number of amides is 1. The molecule has 3 rings (SSSR count). The maximum absolute atomic E-state index is 11.2. The molecule has 0 aliphatic carbocycles. The van der Waals surface area contributed by atoms with Gasteiger partial charge in [-0.15, -0.1) is 0 Å². The number of nitrogens with zero attached hydrogens (tertiary/aromatic N) is 4. The van der Waals surface area contributed by atoms with Crippen LogP contribution in [0.4, 0.5) is 4.79 Å². The summed E-state index contributed by atoms with van der Waals surface area (Å²) in [5, 5.41) is 12.6. The van der Waals surface area contributed by atoms with Gasteiger partial charge >= 0.3 is 6.09 Å². The van der Waals surface area contributed by atoms with E-state index in [1.165, 1.54) is 4.90 Å². The number of guanidine groups is 1. The zero-order valence-corrected chi connectivity index (χ0v) is 16.4. The number of hydrogen-bond donors (Lipinski definition) is 2. The molecule has 2 atom stereocenters. The second kappa shape index (κ2) is 8.41. The molecule has 0 spiro atoms. The molecule has 10 heteroatoms. The predicted octanol–water partition coefficient (Wildman–Crippen LogP) is 0.886. The third-order valence-corrected chi connectivity index (χ3v) is 5.50. The fourth-order valence-corrected chi connectivity index (χ4v) is 4.00. The molecular weight excluding hydrogens is 441 g/mol. The van der Waals surface area contributed by atoms with Crippen molar-refractivity contribution in [1.82, 2.24) is 18.2 Å². The minimum absolute atomic E-state index is 0.0593. The molecule has 3 aliphatic heterocycles. The number of carbonyl (C=O) groups is 1. The number of halogens is 1. The van der Waals surface area contributed by atoms with E-state index in [1.807, 2.05) is 9.19 Å². The van der Waals surface area contributed by atoms with Crippen LogP contribution in [-0.2, 0) is 9.47 Å². The largest absolute Gasteiger partial charge is 0.465 e. The van der Waals surface area contributed by atoms with Crippen molar-refractivity contribution < 1.29 is 19.4 Å². The lowest BCUT2D eigenvalue weighted by Crippen LogP contribution is -2.52. The average Bonchev–Trinajstić information content (AvgIpc) is 2.64. The maximum atomic E-state index is 11.2. The predicted molar refractivity (Wildman–Crippen MR) is 100 cm³/mol. The SMILES string of the molecule is COC1C=C(N[C@@H]2CCCN(C(=O)O)C2)N=C(N2CCOCC2)N1I. The van der Waals surface area contributed by atoms with Crippen LogP contribution in [0.15, 0.2) is 16.9 Å². The summed E-state index contributed by atoms with van der Waals surface area (Å²) in [6.07, 6.45) is 2.61. The summed E-state index contributed by atoms with van der Waals surface area (Å²) < 4.78 is 13.0. The van der Waals surface area contributed by atoms with Gasteiger partial charge in [0.05, 0.1) is 36.1 Å². The van der Waals surface area contributed by atoms with Crippen molar-refractivity contribution in [3.05, 3.63) is 11.9 Å². The number of piperidine rings is 1. The normalized spacial score (nSPS) is 27.7. The van der Waals surface area contributed by atoms with Crippen LogP contribution in [0.1, 0.15) is 12.8 Å². The van der Waals surface area contributed by atoms with E-state index in [9.17, 15) is 9.90 Å². The molecule has 0 saturated carbocycles. The van der Waals surface area contributed by atoms with Gasteiger partial charge in [0, 0.05) is 45.4 Å². The fourth-order valence-electron chi connectivity index (χ4n) is 3.20. The van der Waals surface area contributed by atoms with Crippen LogP contribution in [0.2, 0.25) is 0 Å². The Morgan fingerprint density at radius 2 is 2.20 bits per heavy atom. The van der Waals surface area contributed by atoms with Gasteiger partial charge in [-0.25, -0.2) is 4.79 Å². The Bertz CT molecular complexity index is 552. The molecule has 25 heavy (non-hydrogen) atoms. The van der Waals surface area contributed by atoms with Crippen molar-refractivity contribution in [3.8, 4) is 0 Å². The Balaban J connectivity index is 1.72. The first-order valence-corrected chi connectivity index (χ1v) is 9.40. The number of ether oxygens (including phenoxy) is 2. The van der Waals surface area contributed by atoms with Crippen molar-refractivity contribution in [3.63, 3.8) is 0 Å². The van der Waals surface area contributed by atoms with E-state index in [0.29, 0.717) is 26.3 Å². The second-order valence-corrected chi connectivity index (χ2v) is 7.25. The Morgan fingerprint density at radius 1 is 1.44 bits per heavy atom.